The van der Waals surface area contributed by atoms with Gasteiger partial charge >= 0.3 is 0 Å². The number of carbonyl (C=O) groups excluding carboxylic acids is 1. The Morgan fingerprint density at radius 3 is 2.46 bits per heavy atom. The van der Waals surface area contributed by atoms with Crippen molar-refractivity contribution in [3.63, 3.8) is 0 Å². The Labute approximate surface area is 142 Å². The molecule has 1 aliphatic heterocycles. The maximum Gasteiger partial charge on any atom is 0.242 e. The minimum atomic E-state index is -3.38. The van der Waals surface area contributed by atoms with E-state index in [0.29, 0.717) is 25.1 Å². The first kappa shape index (κ1) is 16.7. The van der Waals surface area contributed by atoms with E-state index in [-0.39, 0.29) is 5.91 Å². The van der Waals surface area contributed by atoms with Crippen LogP contribution in [0.25, 0.3) is 11.1 Å². The topological polar surface area (TPSA) is 66.5 Å². The van der Waals surface area contributed by atoms with Crippen LogP contribution in [0.1, 0.15) is 12.8 Å². The van der Waals surface area contributed by atoms with E-state index in [4.69, 9.17) is 0 Å². The van der Waals surface area contributed by atoms with Gasteiger partial charge in [-0.2, -0.15) is 4.31 Å². The van der Waals surface area contributed by atoms with Gasteiger partial charge < -0.3 is 5.32 Å². The third-order valence-electron chi connectivity index (χ3n) is 4.20. The average Bonchev–Trinajstić information content (AvgIpc) is 3.06. The number of para-hydroxylation sites is 1. The second kappa shape index (κ2) is 6.75. The summed E-state index contributed by atoms with van der Waals surface area (Å²) in [6.45, 7) is 0.400. The number of rotatable bonds is 4. The van der Waals surface area contributed by atoms with E-state index in [1.807, 2.05) is 54.6 Å². The minimum Gasteiger partial charge on any atom is -0.324 e. The number of benzene rings is 2. The molecule has 0 radical (unpaired) electrons. The number of anilines is 1. The fraction of sp³-hybridized carbons (Fsp3) is 0.278. The molecule has 1 heterocycles. The van der Waals surface area contributed by atoms with Crippen molar-refractivity contribution < 1.29 is 13.2 Å². The van der Waals surface area contributed by atoms with Crippen molar-refractivity contribution in [2.45, 2.75) is 18.9 Å². The summed E-state index contributed by atoms with van der Waals surface area (Å²) >= 11 is 0. The van der Waals surface area contributed by atoms with Crippen LogP contribution in [0.2, 0.25) is 0 Å². The van der Waals surface area contributed by atoms with Gasteiger partial charge in [0.25, 0.3) is 0 Å². The SMILES string of the molecule is CS(=O)(=O)N1CCC[C@H]1C(=O)Nc1ccccc1-c1ccccc1. The molecule has 24 heavy (non-hydrogen) atoms. The second-order valence-electron chi connectivity index (χ2n) is 5.93. The first-order valence-electron chi connectivity index (χ1n) is 7.89. The minimum absolute atomic E-state index is 0.277. The summed E-state index contributed by atoms with van der Waals surface area (Å²) in [4.78, 5) is 12.6. The van der Waals surface area contributed by atoms with Gasteiger partial charge in [-0.05, 0) is 24.5 Å². The van der Waals surface area contributed by atoms with Crippen LogP contribution in [0.15, 0.2) is 54.6 Å². The quantitative estimate of drug-likeness (QED) is 0.927. The lowest BCUT2D eigenvalue weighted by Gasteiger charge is -2.22. The Bertz CT molecular complexity index is 834. The van der Waals surface area contributed by atoms with E-state index in [2.05, 4.69) is 5.32 Å². The lowest BCUT2D eigenvalue weighted by molar-refractivity contribution is -0.119. The molecule has 126 valence electrons. The molecule has 1 fully saturated rings. The smallest absolute Gasteiger partial charge is 0.242 e. The normalized spacial score (nSPS) is 18.5. The van der Waals surface area contributed by atoms with Crippen LogP contribution in [0, 0.1) is 0 Å². The highest BCUT2D eigenvalue weighted by Crippen LogP contribution is 2.29. The van der Waals surface area contributed by atoms with Gasteiger partial charge in [-0.1, -0.05) is 48.5 Å². The number of amides is 1. The van der Waals surface area contributed by atoms with Crippen LogP contribution in [0.4, 0.5) is 5.69 Å². The van der Waals surface area contributed by atoms with E-state index in [1.165, 1.54) is 4.31 Å². The Morgan fingerprint density at radius 2 is 1.75 bits per heavy atom. The zero-order chi connectivity index (χ0) is 17.2. The van der Waals surface area contributed by atoms with Crippen molar-refractivity contribution in [1.82, 2.24) is 4.31 Å². The highest BCUT2D eigenvalue weighted by atomic mass is 32.2. The first-order chi connectivity index (χ1) is 11.5. The molecule has 1 atom stereocenters. The number of hydrogen-bond donors (Lipinski definition) is 1. The number of carbonyl (C=O) groups is 1. The lowest BCUT2D eigenvalue weighted by atomic mass is 10.0. The maximum atomic E-state index is 12.6. The van der Waals surface area contributed by atoms with Crippen molar-refractivity contribution in [1.29, 1.82) is 0 Å². The highest BCUT2D eigenvalue weighted by molar-refractivity contribution is 7.88. The Morgan fingerprint density at radius 1 is 1.08 bits per heavy atom. The summed E-state index contributed by atoms with van der Waals surface area (Å²) in [5, 5.41) is 2.91. The molecular formula is C18H20N2O3S. The van der Waals surface area contributed by atoms with Gasteiger partial charge in [-0.15, -0.1) is 0 Å². The molecule has 1 saturated heterocycles. The summed E-state index contributed by atoms with van der Waals surface area (Å²) in [5.41, 5.74) is 2.60. The lowest BCUT2D eigenvalue weighted by Crippen LogP contribution is -2.42. The third kappa shape index (κ3) is 3.49. The molecule has 0 bridgehead atoms. The van der Waals surface area contributed by atoms with Gasteiger partial charge in [0, 0.05) is 17.8 Å². The number of nitrogens with zero attached hydrogens (tertiary/aromatic N) is 1. The number of sulfonamides is 1. The Kier molecular flexibility index (Phi) is 4.69. The zero-order valence-electron chi connectivity index (χ0n) is 13.5. The van der Waals surface area contributed by atoms with Gasteiger partial charge in [0.2, 0.25) is 15.9 Å². The highest BCUT2D eigenvalue weighted by Gasteiger charge is 2.36. The summed E-state index contributed by atoms with van der Waals surface area (Å²) < 4.78 is 25.0. The van der Waals surface area contributed by atoms with Crippen LogP contribution in [-0.2, 0) is 14.8 Å². The predicted octanol–water partition coefficient (Wildman–Crippen LogP) is 2.72. The van der Waals surface area contributed by atoms with Crippen molar-refractivity contribution in [2.24, 2.45) is 0 Å². The summed E-state index contributed by atoms with van der Waals surface area (Å²) in [6, 6.07) is 16.7. The monoisotopic (exact) mass is 344 g/mol. The van der Waals surface area contributed by atoms with Crippen molar-refractivity contribution in [3.05, 3.63) is 54.6 Å². The van der Waals surface area contributed by atoms with Gasteiger partial charge in [0.1, 0.15) is 6.04 Å². The molecular weight excluding hydrogens is 324 g/mol. The third-order valence-corrected chi connectivity index (χ3v) is 5.49. The summed E-state index contributed by atoms with van der Waals surface area (Å²) in [6.07, 6.45) is 2.40. The second-order valence-corrected chi connectivity index (χ2v) is 7.87. The van der Waals surface area contributed by atoms with Crippen molar-refractivity contribution in [2.75, 3.05) is 18.1 Å². The van der Waals surface area contributed by atoms with Crippen LogP contribution in [0.5, 0.6) is 0 Å². The molecule has 6 heteroatoms. The van der Waals surface area contributed by atoms with Crippen LogP contribution < -0.4 is 5.32 Å². The molecule has 0 aromatic heterocycles. The van der Waals surface area contributed by atoms with E-state index in [0.717, 1.165) is 17.4 Å². The molecule has 0 saturated carbocycles. The fourth-order valence-electron chi connectivity index (χ4n) is 3.08. The largest absolute Gasteiger partial charge is 0.324 e. The summed E-state index contributed by atoms with van der Waals surface area (Å²) in [7, 11) is -3.38. The first-order valence-corrected chi connectivity index (χ1v) is 9.74. The van der Waals surface area contributed by atoms with E-state index in [9.17, 15) is 13.2 Å². The Balaban J connectivity index is 1.86. The van der Waals surface area contributed by atoms with Crippen LogP contribution in [0.3, 0.4) is 0 Å². The molecule has 1 aliphatic rings. The number of hydrogen-bond acceptors (Lipinski definition) is 3. The van der Waals surface area contributed by atoms with Gasteiger partial charge in [0.05, 0.1) is 6.26 Å². The van der Waals surface area contributed by atoms with Gasteiger partial charge in [-0.3, -0.25) is 4.79 Å². The van der Waals surface area contributed by atoms with Crippen LogP contribution in [-0.4, -0.2) is 37.5 Å². The van der Waals surface area contributed by atoms with Crippen molar-refractivity contribution >= 4 is 21.6 Å². The van der Waals surface area contributed by atoms with Gasteiger partial charge in [0.15, 0.2) is 0 Å². The van der Waals surface area contributed by atoms with Gasteiger partial charge in [-0.25, -0.2) is 8.42 Å². The fourth-order valence-corrected chi connectivity index (χ4v) is 4.20. The molecule has 0 aliphatic carbocycles. The molecule has 3 rings (SSSR count). The van der Waals surface area contributed by atoms with Crippen molar-refractivity contribution in [3.8, 4) is 11.1 Å². The Hall–Kier alpha value is -2.18. The molecule has 2 aromatic rings. The molecule has 1 N–H and O–H groups in total. The van der Waals surface area contributed by atoms with E-state index >= 15 is 0 Å². The van der Waals surface area contributed by atoms with Crippen LogP contribution >= 0.6 is 0 Å². The standard InChI is InChI=1S/C18H20N2O3S/c1-24(22,23)20-13-7-12-17(20)18(21)19-16-11-6-5-10-15(16)14-8-3-2-4-9-14/h2-6,8-11,17H,7,12-13H2,1H3,(H,19,21)/t17-/m0/s1. The molecule has 1 amide bonds. The molecule has 2 aromatic carbocycles. The summed E-state index contributed by atoms with van der Waals surface area (Å²) in [5.74, 6) is -0.277. The maximum absolute atomic E-state index is 12.6. The van der Waals surface area contributed by atoms with E-state index in [1.54, 1.807) is 0 Å². The molecule has 0 unspecified atom stereocenters. The predicted molar refractivity (Wildman–Crippen MR) is 95.1 cm³/mol. The number of nitrogens with one attached hydrogen (secondary N) is 1. The average molecular weight is 344 g/mol. The van der Waals surface area contributed by atoms with E-state index < -0.39 is 16.1 Å². The molecule has 5 nitrogen and oxygen atoms in total. The zero-order valence-corrected chi connectivity index (χ0v) is 14.3. The molecule has 0 spiro atoms.